The van der Waals surface area contributed by atoms with Gasteiger partial charge in [0.25, 0.3) is 0 Å². The van der Waals surface area contributed by atoms with Crippen LogP contribution in [0.4, 0.5) is 20.6 Å². The molecule has 5 heteroatoms. The van der Waals surface area contributed by atoms with E-state index in [0.29, 0.717) is 22.7 Å². The van der Waals surface area contributed by atoms with Crippen LogP contribution >= 0.6 is 0 Å². The van der Waals surface area contributed by atoms with E-state index in [1.807, 2.05) is 0 Å². The van der Waals surface area contributed by atoms with Gasteiger partial charge < -0.3 is 15.4 Å². The number of ether oxygens (including phenoxy) is 1. The number of methoxy groups -OCH3 is 1. The standard InChI is InChI=1S/C15H15FN2O2/c1-10-8-11(16)6-7-14(10)18-15(19)17-12-4-3-5-13(9-12)20-2/h3-9H,1-2H3,(H2,17,18,19). The van der Waals surface area contributed by atoms with Crippen LogP contribution in [0.5, 0.6) is 5.75 Å². The molecule has 0 atom stereocenters. The molecule has 0 radical (unpaired) electrons. The lowest BCUT2D eigenvalue weighted by molar-refractivity contribution is 0.262. The number of carbonyl (C=O) groups is 1. The Kier molecular flexibility index (Phi) is 4.20. The Labute approximate surface area is 116 Å². The van der Waals surface area contributed by atoms with Crippen molar-refractivity contribution in [3.05, 3.63) is 53.8 Å². The summed E-state index contributed by atoms with van der Waals surface area (Å²) in [6.07, 6.45) is 0. The average molecular weight is 274 g/mol. The first-order valence-electron chi connectivity index (χ1n) is 6.06. The summed E-state index contributed by atoms with van der Waals surface area (Å²) in [4.78, 5) is 11.9. The van der Waals surface area contributed by atoms with Gasteiger partial charge in [0.15, 0.2) is 0 Å². The lowest BCUT2D eigenvalue weighted by Crippen LogP contribution is -2.20. The van der Waals surface area contributed by atoms with Crippen LogP contribution in [0, 0.1) is 12.7 Å². The van der Waals surface area contributed by atoms with Crippen molar-refractivity contribution >= 4 is 17.4 Å². The maximum Gasteiger partial charge on any atom is 0.323 e. The molecule has 2 rings (SSSR count). The number of rotatable bonds is 3. The number of hydrogen-bond donors (Lipinski definition) is 2. The second kappa shape index (κ2) is 6.06. The fraction of sp³-hybridized carbons (Fsp3) is 0.133. The Balaban J connectivity index is 2.05. The van der Waals surface area contributed by atoms with Gasteiger partial charge in [0, 0.05) is 17.4 Å². The van der Waals surface area contributed by atoms with Crippen LogP contribution in [0.1, 0.15) is 5.56 Å². The predicted molar refractivity (Wildman–Crippen MR) is 76.8 cm³/mol. The van der Waals surface area contributed by atoms with Gasteiger partial charge in [0.2, 0.25) is 0 Å². The van der Waals surface area contributed by atoms with E-state index >= 15 is 0 Å². The van der Waals surface area contributed by atoms with E-state index in [-0.39, 0.29) is 5.82 Å². The topological polar surface area (TPSA) is 50.4 Å². The van der Waals surface area contributed by atoms with Crippen molar-refractivity contribution in [2.24, 2.45) is 0 Å². The van der Waals surface area contributed by atoms with Crippen LogP contribution in [-0.2, 0) is 0 Å². The fourth-order valence-corrected chi connectivity index (χ4v) is 1.75. The number of nitrogens with one attached hydrogen (secondary N) is 2. The van der Waals surface area contributed by atoms with Gasteiger partial charge in [-0.3, -0.25) is 0 Å². The van der Waals surface area contributed by atoms with E-state index in [1.165, 1.54) is 18.2 Å². The van der Waals surface area contributed by atoms with Gasteiger partial charge >= 0.3 is 6.03 Å². The molecule has 0 saturated heterocycles. The van der Waals surface area contributed by atoms with Crippen molar-refractivity contribution in [3.63, 3.8) is 0 Å². The molecule has 0 aliphatic heterocycles. The molecule has 0 saturated carbocycles. The van der Waals surface area contributed by atoms with Crippen LogP contribution in [0.15, 0.2) is 42.5 Å². The molecule has 0 aliphatic rings. The van der Waals surface area contributed by atoms with Gasteiger partial charge in [-0.05, 0) is 42.8 Å². The Bertz CT molecular complexity index is 629. The van der Waals surface area contributed by atoms with Gasteiger partial charge in [-0.25, -0.2) is 9.18 Å². The molecule has 0 heterocycles. The monoisotopic (exact) mass is 274 g/mol. The molecule has 104 valence electrons. The summed E-state index contributed by atoms with van der Waals surface area (Å²) in [6, 6.07) is 10.8. The minimum Gasteiger partial charge on any atom is -0.497 e. The normalized spacial score (nSPS) is 9.95. The van der Waals surface area contributed by atoms with Gasteiger partial charge in [-0.15, -0.1) is 0 Å². The smallest absolute Gasteiger partial charge is 0.323 e. The predicted octanol–water partition coefficient (Wildman–Crippen LogP) is 3.79. The van der Waals surface area contributed by atoms with Gasteiger partial charge in [0.1, 0.15) is 11.6 Å². The number of halogens is 1. The SMILES string of the molecule is COc1cccc(NC(=O)Nc2ccc(F)cc2C)c1. The van der Waals surface area contributed by atoms with Crippen molar-refractivity contribution in [2.75, 3.05) is 17.7 Å². The molecule has 2 aromatic carbocycles. The minimum absolute atomic E-state index is 0.332. The number of aryl methyl sites for hydroxylation is 1. The first-order valence-corrected chi connectivity index (χ1v) is 6.06. The summed E-state index contributed by atoms with van der Waals surface area (Å²) in [5.74, 6) is 0.321. The van der Waals surface area contributed by atoms with Gasteiger partial charge in [-0.2, -0.15) is 0 Å². The second-order valence-corrected chi connectivity index (χ2v) is 4.27. The molecule has 0 fully saturated rings. The van der Waals surface area contributed by atoms with Crippen molar-refractivity contribution in [2.45, 2.75) is 6.92 Å². The zero-order chi connectivity index (χ0) is 14.5. The Morgan fingerprint density at radius 3 is 2.65 bits per heavy atom. The summed E-state index contributed by atoms with van der Waals surface area (Å²) in [7, 11) is 1.56. The minimum atomic E-state index is -0.395. The summed E-state index contributed by atoms with van der Waals surface area (Å²) in [5, 5.41) is 5.35. The Morgan fingerprint density at radius 2 is 1.95 bits per heavy atom. The summed E-state index contributed by atoms with van der Waals surface area (Å²) >= 11 is 0. The molecule has 0 aliphatic carbocycles. The number of urea groups is 1. The fourth-order valence-electron chi connectivity index (χ4n) is 1.75. The average Bonchev–Trinajstić information content (AvgIpc) is 2.42. The van der Waals surface area contributed by atoms with Crippen LogP contribution in [-0.4, -0.2) is 13.1 Å². The Hall–Kier alpha value is -2.56. The number of carbonyl (C=O) groups excluding carboxylic acids is 1. The highest BCUT2D eigenvalue weighted by atomic mass is 19.1. The zero-order valence-corrected chi connectivity index (χ0v) is 11.2. The molecular formula is C15H15FN2O2. The zero-order valence-electron chi connectivity index (χ0n) is 11.2. The second-order valence-electron chi connectivity index (χ2n) is 4.27. The first-order chi connectivity index (χ1) is 9.58. The molecule has 2 amide bonds. The highest BCUT2D eigenvalue weighted by molar-refractivity contribution is 6.00. The Morgan fingerprint density at radius 1 is 1.15 bits per heavy atom. The molecule has 0 unspecified atom stereocenters. The molecule has 0 bridgehead atoms. The van der Waals surface area contributed by atoms with Crippen LogP contribution in [0.2, 0.25) is 0 Å². The summed E-state index contributed by atoms with van der Waals surface area (Å²) in [6.45, 7) is 1.73. The van der Waals surface area contributed by atoms with Crippen molar-refractivity contribution in [3.8, 4) is 5.75 Å². The molecule has 2 aromatic rings. The molecule has 2 N–H and O–H groups in total. The summed E-state index contributed by atoms with van der Waals surface area (Å²) in [5.41, 5.74) is 1.83. The van der Waals surface area contributed by atoms with E-state index in [2.05, 4.69) is 10.6 Å². The molecule has 0 spiro atoms. The van der Waals surface area contributed by atoms with E-state index in [1.54, 1.807) is 38.3 Å². The molecule has 0 aromatic heterocycles. The maximum absolute atomic E-state index is 13.0. The quantitative estimate of drug-likeness (QED) is 0.894. The number of hydrogen-bond acceptors (Lipinski definition) is 2. The largest absolute Gasteiger partial charge is 0.497 e. The third-order valence-corrected chi connectivity index (χ3v) is 2.76. The van der Waals surface area contributed by atoms with Gasteiger partial charge in [-0.1, -0.05) is 6.07 Å². The lowest BCUT2D eigenvalue weighted by atomic mass is 10.2. The van der Waals surface area contributed by atoms with E-state index in [9.17, 15) is 9.18 Å². The van der Waals surface area contributed by atoms with Crippen molar-refractivity contribution < 1.29 is 13.9 Å². The number of benzene rings is 2. The third kappa shape index (κ3) is 3.47. The maximum atomic E-state index is 13.0. The molecule has 20 heavy (non-hydrogen) atoms. The van der Waals surface area contributed by atoms with Crippen molar-refractivity contribution in [1.82, 2.24) is 0 Å². The van der Waals surface area contributed by atoms with E-state index in [0.717, 1.165) is 0 Å². The molecule has 4 nitrogen and oxygen atoms in total. The summed E-state index contributed by atoms with van der Waals surface area (Å²) < 4.78 is 18.0. The van der Waals surface area contributed by atoms with E-state index in [4.69, 9.17) is 4.74 Å². The first kappa shape index (κ1) is 13.9. The number of anilines is 2. The van der Waals surface area contributed by atoms with E-state index < -0.39 is 6.03 Å². The van der Waals surface area contributed by atoms with Gasteiger partial charge in [0.05, 0.1) is 7.11 Å². The van der Waals surface area contributed by atoms with Crippen molar-refractivity contribution in [1.29, 1.82) is 0 Å². The molecular weight excluding hydrogens is 259 g/mol. The number of amides is 2. The highest BCUT2D eigenvalue weighted by Crippen LogP contribution is 2.18. The van der Waals surface area contributed by atoms with Crippen LogP contribution in [0.3, 0.4) is 0 Å². The lowest BCUT2D eigenvalue weighted by Gasteiger charge is -2.10. The third-order valence-electron chi connectivity index (χ3n) is 2.76. The van der Waals surface area contributed by atoms with Crippen LogP contribution in [0.25, 0.3) is 0 Å². The van der Waals surface area contributed by atoms with Crippen LogP contribution < -0.4 is 15.4 Å². The highest BCUT2D eigenvalue weighted by Gasteiger charge is 2.06.